The SMILES string of the molecule is O=C(O)c1ccccc1OCCOCCCC(F)(F)F. The van der Waals surface area contributed by atoms with E-state index >= 15 is 0 Å². The minimum absolute atomic E-state index is 0.0105. The van der Waals surface area contributed by atoms with Crippen molar-refractivity contribution in [1.82, 2.24) is 0 Å². The molecule has 112 valence electrons. The molecule has 20 heavy (non-hydrogen) atoms. The van der Waals surface area contributed by atoms with Gasteiger partial charge in [-0.15, -0.1) is 0 Å². The zero-order valence-corrected chi connectivity index (χ0v) is 10.7. The van der Waals surface area contributed by atoms with E-state index in [1.54, 1.807) is 12.1 Å². The smallest absolute Gasteiger partial charge is 0.389 e. The molecule has 0 spiro atoms. The molecular weight excluding hydrogens is 277 g/mol. The molecule has 0 unspecified atom stereocenters. The molecule has 0 aliphatic carbocycles. The second kappa shape index (κ2) is 7.74. The molecule has 0 aliphatic heterocycles. The van der Waals surface area contributed by atoms with Gasteiger partial charge in [0.1, 0.15) is 17.9 Å². The van der Waals surface area contributed by atoms with Crippen molar-refractivity contribution < 1.29 is 32.5 Å². The van der Waals surface area contributed by atoms with E-state index < -0.39 is 18.6 Å². The fourth-order valence-electron chi connectivity index (χ4n) is 1.46. The largest absolute Gasteiger partial charge is 0.490 e. The number of hydrogen-bond acceptors (Lipinski definition) is 3. The van der Waals surface area contributed by atoms with Gasteiger partial charge in [-0.25, -0.2) is 4.79 Å². The molecule has 1 N–H and O–H groups in total. The van der Waals surface area contributed by atoms with Gasteiger partial charge in [-0.05, 0) is 18.6 Å². The van der Waals surface area contributed by atoms with Crippen molar-refractivity contribution >= 4 is 5.97 Å². The lowest BCUT2D eigenvalue weighted by molar-refractivity contribution is -0.138. The third-order valence-electron chi connectivity index (χ3n) is 2.35. The quantitative estimate of drug-likeness (QED) is 0.748. The van der Waals surface area contributed by atoms with E-state index in [9.17, 15) is 18.0 Å². The van der Waals surface area contributed by atoms with E-state index in [1.807, 2.05) is 0 Å². The number of aromatic carboxylic acids is 1. The Morgan fingerprint density at radius 2 is 1.85 bits per heavy atom. The molecule has 0 amide bonds. The van der Waals surface area contributed by atoms with Gasteiger partial charge >= 0.3 is 12.1 Å². The second-order valence-corrected chi connectivity index (χ2v) is 3.98. The number of carboxylic acid groups (broad SMARTS) is 1. The van der Waals surface area contributed by atoms with Crippen LogP contribution in [0.4, 0.5) is 13.2 Å². The molecule has 0 saturated heterocycles. The van der Waals surface area contributed by atoms with Gasteiger partial charge in [0.2, 0.25) is 0 Å². The van der Waals surface area contributed by atoms with Gasteiger partial charge in [-0.3, -0.25) is 0 Å². The number of carboxylic acids is 1. The minimum Gasteiger partial charge on any atom is -0.490 e. The molecule has 0 fully saturated rings. The maximum absolute atomic E-state index is 11.8. The molecule has 0 aliphatic rings. The maximum atomic E-state index is 11.8. The molecule has 0 atom stereocenters. The van der Waals surface area contributed by atoms with E-state index in [-0.39, 0.29) is 37.6 Å². The van der Waals surface area contributed by atoms with Crippen molar-refractivity contribution in [3.8, 4) is 5.75 Å². The summed E-state index contributed by atoms with van der Waals surface area (Å²) in [6.07, 6.45) is -5.15. The van der Waals surface area contributed by atoms with Crippen LogP contribution in [0.1, 0.15) is 23.2 Å². The molecule has 4 nitrogen and oxygen atoms in total. The minimum atomic E-state index is -4.17. The first-order chi connectivity index (χ1) is 9.40. The number of alkyl halides is 3. The highest BCUT2D eigenvalue weighted by Crippen LogP contribution is 2.21. The van der Waals surface area contributed by atoms with Crippen LogP contribution in [0.3, 0.4) is 0 Å². The van der Waals surface area contributed by atoms with Crippen LogP contribution in [0.15, 0.2) is 24.3 Å². The summed E-state index contributed by atoms with van der Waals surface area (Å²) in [4.78, 5) is 10.9. The number of rotatable bonds is 8. The van der Waals surface area contributed by atoms with Crippen molar-refractivity contribution in [1.29, 1.82) is 0 Å². The number of halogens is 3. The number of para-hydroxylation sites is 1. The monoisotopic (exact) mass is 292 g/mol. The predicted octanol–water partition coefficient (Wildman–Crippen LogP) is 3.12. The van der Waals surface area contributed by atoms with Gasteiger partial charge in [0.25, 0.3) is 0 Å². The highest BCUT2D eigenvalue weighted by atomic mass is 19.4. The molecule has 7 heteroatoms. The Morgan fingerprint density at radius 1 is 1.15 bits per heavy atom. The van der Waals surface area contributed by atoms with Crippen LogP contribution < -0.4 is 4.74 Å². The van der Waals surface area contributed by atoms with Crippen LogP contribution in [0.25, 0.3) is 0 Å². The summed E-state index contributed by atoms with van der Waals surface area (Å²) in [7, 11) is 0. The molecule has 0 bridgehead atoms. The summed E-state index contributed by atoms with van der Waals surface area (Å²) in [5, 5.41) is 8.90. The number of hydrogen-bond donors (Lipinski definition) is 1. The molecule has 1 aromatic rings. The second-order valence-electron chi connectivity index (χ2n) is 3.98. The highest BCUT2D eigenvalue weighted by molar-refractivity contribution is 5.90. The van der Waals surface area contributed by atoms with Crippen LogP contribution in [0, 0.1) is 0 Å². The van der Waals surface area contributed by atoms with E-state index in [1.165, 1.54) is 12.1 Å². The first kappa shape index (κ1) is 16.3. The van der Waals surface area contributed by atoms with Gasteiger partial charge in [-0.1, -0.05) is 12.1 Å². The normalized spacial score (nSPS) is 11.3. The molecule has 0 heterocycles. The Kier molecular flexibility index (Phi) is 6.30. The van der Waals surface area contributed by atoms with Crippen LogP contribution in [0.2, 0.25) is 0 Å². The highest BCUT2D eigenvalue weighted by Gasteiger charge is 2.25. The summed E-state index contributed by atoms with van der Waals surface area (Å²) >= 11 is 0. The molecule has 0 radical (unpaired) electrons. The van der Waals surface area contributed by atoms with Crippen molar-refractivity contribution in [2.75, 3.05) is 19.8 Å². The zero-order valence-electron chi connectivity index (χ0n) is 10.7. The molecule has 0 aromatic heterocycles. The average molecular weight is 292 g/mol. The van der Waals surface area contributed by atoms with E-state index in [0.29, 0.717) is 0 Å². The van der Waals surface area contributed by atoms with Gasteiger partial charge in [0, 0.05) is 13.0 Å². The Labute approximate surface area is 114 Å². The van der Waals surface area contributed by atoms with Crippen molar-refractivity contribution in [3.05, 3.63) is 29.8 Å². The average Bonchev–Trinajstić information content (AvgIpc) is 2.36. The first-order valence-electron chi connectivity index (χ1n) is 6.00. The third-order valence-corrected chi connectivity index (χ3v) is 2.35. The van der Waals surface area contributed by atoms with Crippen molar-refractivity contribution in [3.63, 3.8) is 0 Å². The lowest BCUT2D eigenvalue weighted by atomic mass is 10.2. The number of carbonyl (C=O) groups is 1. The Morgan fingerprint density at radius 3 is 2.50 bits per heavy atom. The number of benzene rings is 1. The maximum Gasteiger partial charge on any atom is 0.389 e. The zero-order chi connectivity index (χ0) is 15.0. The molecular formula is C13H15F3O4. The van der Waals surface area contributed by atoms with Gasteiger partial charge in [0.05, 0.1) is 6.61 Å². The van der Waals surface area contributed by atoms with Crippen LogP contribution >= 0.6 is 0 Å². The Bertz CT molecular complexity index is 432. The fourth-order valence-corrected chi connectivity index (χ4v) is 1.46. The summed E-state index contributed by atoms with van der Waals surface area (Å²) in [5.74, 6) is -0.898. The topological polar surface area (TPSA) is 55.8 Å². The molecule has 0 saturated carbocycles. The fraction of sp³-hybridized carbons (Fsp3) is 0.462. The summed E-state index contributed by atoms with van der Waals surface area (Å²) in [5.41, 5.74) is 0.0320. The van der Waals surface area contributed by atoms with Gasteiger partial charge < -0.3 is 14.6 Å². The Hall–Kier alpha value is -1.76. The lowest BCUT2D eigenvalue weighted by Gasteiger charge is -2.10. The standard InChI is InChI=1S/C13H15F3O4/c14-13(15,16)6-3-7-19-8-9-20-11-5-2-1-4-10(11)12(17)18/h1-2,4-5H,3,6-9H2,(H,17,18). The van der Waals surface area contributed by atoms with Crippen LogP contribution in [0.5, 0.6) is 5.75 Å². The van der Waals surface area contributed by atoms with Crippen LogP contribution in [-0.2, 0) is 4.74 Å². The predicted molar refractivity (Wildman–Crippen MR) is 65.0 cm³/mol. The van der Waals surface area contributed by atoms with Crippen molar-refractivity contribution in [2.45, 2.75) is 19.0 Å². The number of ether oxygens (including phenoxy) is 2. The molecule has 1 aromatic carbocycles. The van der Waals surface area contributed by atoms with E-state index in [0.717, 1.165) is 0 Å². The van der Waals surface area contributed by atoms with E-state index in [4.69, 9.17) is 14.6 Å². The van der Waals surface area contributed by atoms with E-state index in [2.05, 4.69) is 0 Å². The lowest BCUT2D eigenvalue weighted by Crippen LogP contribution is -2.12. The third kappa shape index (κ3) is 6.42. The van der Waals surface area contributed by atoms with Crippen LogP contribution in [-0.4, -0.2) is 37.1 Å². The Balaban J connectivity index is 2.20. The van der Waals surface area contributed by atoms with Gasteiger partial charge in [-0.2, -0.15) is 13.2 Å². The summed E-state index contributed by atoms with van der Waals surface area (Å²) in [6.45, 7) is 0.172. The molecule has 1 rings (SSSR count). The first-order valence-corrected chi connectivity index (χ1v) is 6.00. The van der Waals surface area contributed by atoms with Crippen molar-refractivity contribution in [2.24, 2.45) is 0 Å². The van der Waals surface area contributed by atoms with Gasteiger partial charge in [0.15, 0.2) is 0 Å². The summed E-state index contributed by atoms with van der Waals surface area (Å²) < 4.78 is 45.7. The summed E-state index contributed by atoms with van der Waals surface area (Å²) in [6, 6.07) is 6.12.